The summed E-state index contributed by atoms with van der Waals surface area (Å²) in [6, 6.07) is 10.8. The quantitative estimate of drug-likeness (QED) is 0.752. The minimum absolute atomic E-state index is 0.0503. The van der Waals surface area contributed by atoms with Crippen molar-refractivity contribution < 1.29 is 19.4 Å². The number of thiocarbonyl (C=S) groups is 1. The van der Waals surface area contributed by atoms with Crippen molar-refractivity contribution in [3.05, 3.63) is 58.1 Å². The summed E-state index contributed by atoms with van der Waals surface area (Å²) in [6.45, 7) is 0. The van der Waals surface area contributed by atoms with Gasteiger partial charge in [-0.3, -0.25) is 10.1 Å². The van der Waals surface area contributed by atoms with Gasteiger partial charge in [-0.15, -0.1) is 0 Å². The van der Waals surface area contributed by atoms with E-state index in [-0.39, 0.29) is 10.7 Å². The SMILES string of the molecule is COc1ccc(Br)cc1C(=O)NC(=S)Nc1ccc(C(=O)[O-])cc1. The monoisotopic (exact) mass is 407 g/mol. The molecule has 124 valence electrons. The van der Waals surface area contributed by atoms with Crippen LogP contribution in [-0.2, 0) is 0 Å². The van der Waals surface area contributed by atoms with E-state index < -0.39 is 11.9 Å². The zero-order chi connectivity index (χ0) is 17.7. The van der Waals surface area contributed by atoms with Gasteiger partial charge >= 0.3 is 0 Å². The number of carboxylic acids is 1. The van der Waals surface area contributed by atoms with Gasteiger partial charge < -0.3 is 20.0 Å². The number of methoxy groups -OCH3 is 1. The summed E-state index contributed by atoms with van der Waals surface area (Å²) >= 11 is 8.38. The van der Waals surface area contributed by atoms with Gasteiger partial charge in [-0.1, -0.05) is 28.1 Å². The summed E-state index contributed by atoms with van der Waals surface area (Å²) in [5.41, 5.74) is 0.907. The van der Waals surface area contributed by atoms with Crippen molar-refractivity contribution >= 4 is 50.8 Å². The molecule has 0 aliphatic heterocycles. The van der Waals surface area contributed by atoms with Crippen LogP contribution < -0.4 is 20.5 Å². The Labute approximate surface area is 152 Å². The highest BCUT2D eigenvalue weighted by molar-refractivity contribution is 9.10. The third kappa shape index (κ3) is 4.53. The summed E-state index contributed by atoms with van der Waals surface area (Å²) in [5, 5.41) is 16.1. The number of rotatable bonds is 4. The molecule has 24 heavy (non-hydrogen) atoms. The summed E-state index contributed by atoms with van der Waals surface area (Å²) in [5.74, 6) is -1.28. The number of carboxylic acid groups (broad SMARTS) is 1. The van der Waals surface area contributed by atoms with E-state index in [9.17, 15) is 14.7 Å². The zero-order valence-corrected chi connectivity index (χ0v) is 14.9. The molecule has 0 heterocycles. The summed E-state index contributed by atoms with van der Waals surface area (Å²) < 4.78 is 5.88. The fraction of sp³-hybridized carbons (Fsp3) is 0.0625. The molecule has 0 unspecified atom stereocenters. The number of anilines is 1. The van der Waals surface area contributed by atoms with Crippen LogP contribution in [0.4, 0.5) is 5.69 Å². The Bertz CT molecular complexity index is 793. The Morgan fingerprint density at radius 2 is 1.83 bits per heavy atom. The van der Waals surface area contributed by atoms with E-state index in [0.29, 0.717) is 17.0 Å². The lowest BCUT2D eigenvalue weighted by molar-refractivity contribution is -0.255. The molecule has 0 saturated carbocycles. The van der Waals surface area contributed by atoms with E-state index >= 15 is 0 Å². The lowest BCUT2D eigenvalue weighted by atomic mass is 10.2. The van der Waals surface area contributed by atoms with E-state index in [4.69, 9.17) is 17.0 Å². The topological polar surface area (TPSA) is 90.5 Å². The highest BCUT2D eigenvalue weighted by Gasteiger charge is 2.14. The largest absolute Gasteiger partial charge is 0.545 e. The molecule has 6 nitrogen and oxygen atoms in total. The average molecular weight is 408 g/mol. The van der Waals surface area contributed by atoms with Gasteiger partial charge in [0.25, 0.3) is 5.91 Å². The van der Waals surface area contributed by atoms with Crippen LogP contribution in [-0.4, -0.2) is 24.1 Å². The molecule has 0 spiro atoms. The highest BCUT2D eigenvalue weighted by atomic mass is 79.9. The third-order valence-corrected chi connectivity index (χ3v) is 3.71. The molecule has 0 aliphatic carbocycles. The predicted molar refractivity (Wildman–Crippen MR) is 95.2 cm³/mol. The minimum atomic E-state index is -1.26. The molecule has 1 amide bonds. The Hall–Kier alpha value is -2.45. The second kappa shape index (κ2) is 7.89. The van der Waals surface area contributed by atoms with Gasteiger partial charge in [0.05, 0.1) is 18.6 Å². The van der Waals surface area contributed by atoms with Crippen LogP contribution in [0.3, 0.4) is 0 Å². The number of benzene rings is 2. The number of halogens is 1. The predicted octanol–water partition coefficient (Wildman–Crippen LogP) is 1.95. The Morgan fingerprint density at radius 3 is 2.42 bits per heavy atom. The van der Waals surface area contributed by atoms with E-state index in [1.165, 1.54) is 31.4 Å². The van der Waals surface area contributed by atoms with Crippen LogP contribution in [0.25, 0.3) is 0 Å². The molecule has 0 fully saturated rings. The lowest BCUT2D eigenvalue weighted by Crippen LogP contribution is -2.34. The summed E-state index contributed by atoms with van der Waals surface area (Å²) in [7, 11) is 1.47. The lowest BCUT2D eigenvalue weighted by Gasteiger charge is -2.12. The number of amides is 1. The molecule has 2 aromatic carbocycles. The first-order chi connectivity index (χ1) is 11.4. The second-order valence-corrected chi connectivity index (χ2v) is 5.94. The first-order valence-electron chi connectivity index (χ1n) is 6.68. The van der Waals surface area contributed by atoms with Crippen molar-refractivity contribution in [2.45, 2.75) is 0 Å². The number of hydrogen-bond acceptors (Lipinski definition) is 5. The van der Waals surface area contributed by atoms with Crippen LogP contribution in [0.1, 0.15) is 20.7 Å². The Kier molecular flexibility index (Phi) is 5.88. The summed E-state index contributed by atoms with van der Waals surface area (Å²) in [6.07, 6.45) is 0. The molecule has 0 aromatic heterocycles. The number of nitrogens with one attached hydrogen (secondary N) is 2. The fourth-order valence-electron chi connectivity index (χ4n) is 1.88. The third-order valence-electron chi connectivity index (χ3n) is 3.01. The van der Waals surface area contributed by atoms with Gasteiger partial charge in [0.1, 0.15) is 5.75 Å². The van der Waals surface area contributed by atoms with Gasteiger partial charge in [0.15, 0.2) is 5.11 Å². The molecule has 2 N–H and O–H groups in total. The van der Waals surface area contributed by atoms with Gasteiger partial charge in [-0.05, 0) is 48.1 Å². The Balaban J connectivity index is 2.05. The van der Waals surface area contributed by atoms with Gasteiger partial charge in [-0.2, -0.15) is 0 Å². The van der Waals surface area contributed by atoms with Gasteiger partial charge in [0, 0.05) is 10.2 Å². The number of hydrogen-bond donors (Lipinski definition) is 2. The van der Waals surface area contributed by atoms with E-state index in [1.807, 2.05) is 0 Å². The molecule has 0 bridgehead atoms. The number of carbonyl (C=O) groups excluding carboxylic acids is 2. The molecule has 0 saturated heterocycles. The standard InChI is InChI=1S/C16H13BrN2O4S/c1-23-13-7-4-10(17)8-12(13)14(20)19-16(24)18-11-5-2-9(3-6-11)15(21)22/h2-8H,1H3,(H,21,22)(H2,18,19,20,24)/p-1. The summed E-state index contributed by atoms with van der Waals surface area (Å²) in [4.78, 5) is 23.0. The molecule has 2 rings (SSSR count). The first kappa shape index (κ1) is 17.9. The van der Waals surface area contributed by atoms with Crippen molar-refractivity contribution in [3.63, 3.8) is 0 Å². The fourth-order valence-corrected chi connectivity index (χ4v) is 2.45. The number of carbonyl (C=O) groups is 2. The van der Waals surface area contributed by atoms with E-state index in [2.05, 4.69) is 26.6 Å². The van der Waals surface area contributed by atoms with Crippen molar-refractivity contribution in [2.75, 3.05) is 12.4 Å². The minimum Gasteiger partial charge on any atom is -0.545 e. The highest BCUT2D eigenvalue weighted by Crippen LogP contribution is 2.22. The van der Waals surface area contributed by atoms with Crippen molar-refractivity contribution in [2.24, 2.45) is 0 Å². The zero-order valence-electron chi connectivity index (χ0n) is 12.5. The molecule has 0 aliphatic rings. The van der Waals surface area contributed by atoms with Gasteiger partial charge in [-0.25, -0.2) is 0 Å². The van der Waals surface area contributed by atoms with Crippen LogP contribution >= 0.6 is 28.1 Å². The van der Waals surface area contributed by atoms with E-state index in [0.717, 1.165) is 4.47 Å². The van der Waals surface area contributed by atoms with Crippen molar-refractivity contribution in [1.82, 2.24) is 5.32 Å². The average Bonchev–Trinajstić information content (AvgIpc) is 2.55. The first-order valence-corrected chi connectivity index (χ1v) is 7.88. The van der Waals surface area contributed by atoms with Crippen LogP contribution in [0.2, 0.25) is 0 Å². The second-order valence-electron chi connectivity index (χ2n) is 4.62. The molecular weight excluding hydrogens is 396 g/mol. The van der Waals surface area contributed by atoms with Crippen molar-refractivity contribution in [3.8, 4) is 5.75 Å². The number of aromatic carboxylic acids is 1. The molecule has 0 atom stereocenters. The maximum atomic E-state index is 12.3. The van der Waals surface area contributed by atoms with Crippen LogP contribution in [0.15, 0.2) is 46.9 Å². The molecular formula is C16H12BrN2O4S-. The van der Waals surface area contributed by atoms with E-state index in [1.54, 1.807) is 18.2 Å². The maximum Gasteiger partial charge on any atom is 0.261 e. The van der Waals surface area contributed by atoms with Crippen LogP contribution in [0, 0.1) is 0 Å². The number of ether oxygens (including phenoxy) is 1. The van der Waals surface area contributed by atoms with Crippen molar-refractivity contribution in [1.29, 1.82) is 0 Å². The Morgan fingerprint density at radius 1 is 1.17 bits per heavy atom. The molecule has 0 radical (unpaired) electrons. The smallest absolute Gasteiger partial charge is 0.261 e. The normalized spacial score (nSPS) is 9.92. The van der Waals surface area contributed by atoms with Crippen LogP contribution in [0.5, 0.6) is 5.75 Å². The van der Waals surface area contributed by atoms with Gasteiger partial charge in [0.2, 0.25) is 0 Å². The molecule has 2 aromatic rings. The maximum absolute atomic E-state index is 12.3. The molecule has 8 heteroatoms.